The van der Waals surface area contributed by atoms with E-state index in [1.165, 1.54) is 64.2 Å². The summed E-state index contributed by atoms with van der Waals surface area (Å²) in [5.74, 6) is 0. The Kier molecular flexibility index (Phi) is 10.3. The van der Waals surface area contributed by atoms with Crippen LogP contribution in [0.4, 0.5) is 0 Å². The highest BCUT2D eigenvalue weighted by Gasteiger charge is 2.05. The molecule has 3 nitrogen and oxygen atoms in total. The summed E-state index contributed by atoms with van der Waals surface area (Å²) in [6.45, 7) is 5.13. The maximum absolute atomic E-state index is 8.82. The molecule has 0 radical (unpaired) electrons. The largest absolute Gasteiger partial charge is 0.411 e. The average Bonchev–Trinajstić information content (AvgIpc) is 2.56. The minimum absolute atomic E-state index is 0.664. The summed E-state index contributed by atoms with van der Waals surface area (Å²) in [6, 6.07) is 3.99. The van der Waals surface area contributed by atoms with Crippen molar-refractivity contribution in [1.29, 1.82) is 0 Å². The maximum atomic E-state index is 8.82. The molecule has 0 aromatic carbocycles. The molecule has 0 aliphatic heterocycles. The molecule has 22 heavy (non-hydrogen) atoms. The van der Waals surface area contributed by atoms with Crippen molar-refractivity contribution in [1.82, 2.24) is 0 Å². The lowest BCUT2D eigenvalue weighted by molar-refractivity contribution is -0.697. The van der Waals surface area contributed by atoms with Crippen LogP contribution < -0.4 is 4.57 Å². The molecular formula is C19H33N2O+. The number of nitrogens with zero attached hydrogens (tertiary/aromatic N) is 2. The number of hydrogen-bond acceptors (Lipinski definition) is 2. The van der Waals surface area contributed by atoms with Crippen molar-refractivity contribution < 1.29 is 9.77 Å². The molecule has 1 rings (SSSR count). The third-order valence-electron chi connectivity index (χ3n) is 4.20. The van der Waals surface area contributed by atoms with Crippen LogP contribution in [0.2, 0.25) is 0 Å². The molecular weight excluding hydrogens is 272 g/mol. The van der Waals surface area contributed by atoms with E-state index in [1.54, 1.807) is 0 Å². The second kappa shape index (κ2) is 12.2. The Hall–Kier alpha value is -1.38. The standard InChI is InChI=1S/C19H32N2O/c1-3-4-5-6-7-8-9-10-11-12-15-21-16-13-14-19(17-21)18(2)20-22/h13-14,16-17H,3-12,15H2,1-2H3/p+1. The van der Waals surface area contributed by atoms with E-state index in [4.69, 9.17) is 5.21 Å². The van der Waals surface area contributed by atoms with Gasteiger partial charge in [-0.15, -0.1) is 0 Å². The Morgan fingerprint density at radius 2 is 1.59 bits per heavy atom. The SMILES string of the molecule is CCCCCCCCCCCC[n+]1cccc(C(C)=NO)c1. The van der Waals surface area contributed by atoms with Gasteiger partial charge in [0.15, 0.2) is 12.4 Å². The van der Waals surface area contributed by atoms with Gasteiger partial charge in [-0.05, 0) is 19.4 Å². The number of aryl methyl sites for hydroxylation is 1. The Morgan fingerprint density at radius 1 is 1.00 bits per heavy atom. The molecule has 1 aromatic heterocycles. The lowest BCUT2D eigenvalue weighted by Crippen LogP contribution is -2.33. The van der Waals surface area contributed by atoms with Crippen molar-refractivity contribution in [3.8, 4) is 0 Å². The van der Waals surface area contributed by atoms with Gasteiger partial charge in [0.1, 0.15) is 6.54 Å². The minimum Gasteiger partial charge on any atom is -0.411 e. The Labute approximate surface area is 136 Å². The first-order chi connectivity index (χ1) is 10.8. The average molecular weight is 305 g/mol. The van der Waals surface area contributed by atoms with Gasteiger partial charge in [0.2, 0.25) is 0 Å². The Bertz CT molecular complexity index is 429. The zero-order valence-corrected chi connectivity index (χ0v) is 14.4. The number of unbranched alkanes of at least 4 members (excludes halogenated alkanes) is 9. The van der Waals surface area contributed by atoms with E-state index in [9.17, 15) is 0 Å². The number of rotatable bonds is 12. The van der Waals surface area contributed by atoms with Gasteiger partial charge in [0.05, 0.1) is 11.3 Å². The van der Waals surface area contributed by atoms with Crippen LogP contribution in [0.25, 0.3) is 0 Å². The number of aromatic nitrogens is 1. The van der Waals surface area contributed by atoms with Crippen molar-refractivity contribution >= 4 is 5.71 Å². The van der Waals surface area contributed by atoms with Crippen molar-refractivity contribution in [3.63, 3.8) is 0 Å². The van der Waals surface area contributed by atoms with Crippen molar-refractivity contribution in [2.45, 2.75) is 84.6 Å². The fourth-order valence-corrected chi connectivity index (χ4v) is 2.71. The zero-order chi connectivity index (χ0) is 16.0. The smallest absolute Gasteiger partial charge is 0.177 e. The van der Waals surface area contributed by atoms with Crippen LogP contribution in [0.5, 0.6) is 0 Å². The molecule has 0 atom stereocenters. The molecule has 0 aliphatic carbocycles. The van der Waals surface area contributed by atoms with Gasteiger partial charge in [0, 0.05) is 12.5 Å². The summed E-state index contributed by atoms with van der Waals surface area (Å²) in [5.41, 5.74) is 1.65. The first-order valence-corrected chi connectivity index (χ1v) is 8.96. The lowest BCUT2D eigenvalue weighted by Gasteiger charge is -2.02. The highest BCUT2D eigenvalue weighted by molar-refractivity contribution is 5.97. The molecule has 1 aromatic rings. The van der Waals surface area contributed by atoms with E-state index in [1.807, 2.05) is 19.1 Å². The minimum atomic E-state index is 0.664. The van der Waals surface area contributed by atoms with Gasteiger partial charge < -0.3 is 5.21 Å². The third kappa shape index (κ3) is 8.16. The summed E-state index contributed by atoms with van der Waals surface area (Å²) in [7, 11) is 0. The van der Waals surface area contributed by atoms with E-state index in [-0.39, 0.29) is 0 Å². The fourth-order valence-electron chi connectivity index (χ4n) is 2.71. The van der Waals surface area contributed by atoms with Crippen molar-refractivity contribution in [3.05, 3.63) is 30.1 Å². The molecule has 0 aliphatic rings. The monoisotopic (exact) mass is 305 g/mol. The zero-order valence-electron chi connectivity index (χ0n) is 14.4. The van der Waals surface area contributed by atoms with E-state index < -0.39 is 0 Å². The Balaban J connectivity index is 2.07. The molecule has 0 bridgehead atoms. The van der Waals surface area contributed by atoms with Crippen LogP contribution in [0.3, 0.4) is 0 Å². The van der Waals surface area contributed by atoms with Crippen molar-refractivity contribution in [2.24, 2.45) is 5.16 Å². The van der Waals surface area contributed by atoms with Gasteiger partial charge in [-0.2, -0.15) is 0 Å². The number of oxime groups is 1. The van der Waals surface area contributed by atoms with E-state index in [0.717, 1.165) is 12.1 Å². The van der Waals surface area contributed by atoms with Gasteiger partial charge in [0.25, 0.3) is 0 Å². The number of pyridine rings is 1. The predicted molar refractivity (Wildman–Crippen MR) is 92.5 cm³/mol. The first kappa shape index (κ1) is 18.7. The summed E-state index contributed by atoms with van der Waals surface area (Å²) in [5, 5.41) is 12.1. The summed E-state index contributed by atoms with van der Waals surface area (Å²) in [4.78, 5) is 0. The first-order valence-electron chi connectivity index (χ1n) is 8.96. The van der Waals surface area contributed by atoms with Crippen LogP contribution in [0, 0.1) is 0 Å². The van der Waals surface area contributed by atoms with Crippen LogP contribution in [-0.4, -0.2) is 10.9 Å². The van der Waals surface area contributed by atoms with E-state index in [2.05, 4.69) is 29.0 Å². The maximum Gasteiger partial charge on any atom is 0.177 e. The number of hydrogen-bond donors (Lipinski definition) is 1. The lowest BCUT2D eigenvalue weighted by atomic mass is 10.1. The molecule has 0 saturated carbocycles. The van der Waals surface area contributed by atoms with Crippen LogP contribution in [-0.2, 0) is 6.54 Å². The highest BCUT2D eigenvalue weighted by Crippen LogP contribution is 2.10. The van der Waals surface area contributed by atoms with Gasteiger partial charge >= 0.3 is 0 Å². The molecule has 0 fully saturated rings. The molecule has 0 amide bonds. The molecule has 1 heterocycles. The summed E-state index contributed by atoms with van der Waals surface area (Å²) < 4.78 is 2.19. The normalized spacial score (nSPS) is 11.8. The second-order valence-electron chi connectivity index (χ2n) is 6.20. The quantitative estimate of drug-likeness (QED) is 0.188. The predicted octanol–water partition coefficient (Wildman–Crippen LogP) is 5.09. The molecule has 0 saturated heterocycles. The molecule has 0 spiro atoms. The van der Waals surface area contributed by atoms with Crippen LogP contribution in [0.15, 0.2) is 29.7 Å². The molecule has 1 N–H and O–H groups in total. The molecule has 3 heteroatoms. The molecule has 124 valence electrons. The van der Waals surface area contributed by atoms with Crippen LogP contribution in [0.1, 0.15) is 83.6 Å². The van der Waals surface area contributed by atoms with Crippen LogP contribution >= 0.6 is 0 Å². The topological polar surface area (TPSA) is 36.5 Å². The molecule has 0 unspecified atom stereocenters. The van der Waals surface area contributed by atoms with E-state index >= 15 is 0 Å². The van der Waals surface area contributed by atoms with E-state index in [0.29, 0.717) is 5.71 Å². The second-order valence-corrected chi connectivity index (χ2v) is 6.20. The Morgan fingerprint density at radius 3 is 2.18 bits per heavy atom. The van der Waals surface area contributed by atoms with Gasteiger partial charge in [-0.3, -0.25) is 0 Å². The highest BCUT2D eigenvalue weighted by atomic mass is 16.4. The van der Waals surface area contributed by atoms with Crippen molar-refractivity contribution in [2.75, 3.05) is 0 Å². The van der Waals surface area contributed by atoms with Gasteiger partial charge in [-0.1, -0.05) is 63.4 Å². The summed E-state index contributed by atoms with van der Waals surface area (Å²) >= 11 is 0. The summed E-state index contributed by atoms with van der Waals surface area (Å²) in [6.07, 6.45) is 17.8. The fraction of sp³-hybridized carbons (Fsp3) is 0.684. The van der Waals surface area contributed by atoms with Gasteiger partial charge in [-0.25, -0.2) is 4.57 Å². The third-order valence-corrected chi connectivity index (χ3v) is 4.20.